The standard InChI is InChI=1S/C8H15F3N2/c1-7-4-12-2-3-13(5-7)6-8(9,10)11/h7,12H,2-6H2,1H3/t7-/m0/s1. The smallest absolute Gasteiger partial charge is 0.315 e. The molecule has 1 aliphatic heterocycles. The highest BCUT2D eigenvalue weighted by Crippen LogP contribution is 2.17. The molecule has 78 valence electrons. The summed E-state index contributed by atoms with van der Waals surface area (Å²) in [5.41, 5.74) is 0. The van der Waals surface area contributed by atoms with Crippen LogP contribution in [0.3, 0.4) is 0 Å². The molecule has 0 bridgehead atoms. The molecule has 0 unspecified atom stereocenters. The van der Waals surface area contributed by atoms with E-state index < -0.39 is 12.7 Å². The van der Waals surface area contributed by atoms with Gasteiger partial charge in [0.05, 0.1) is 6.54 Å². The lowest BCUT2D eigenvalue weighted by Crippen LogP contribution is -2.37. The Hall–Kier alpha value is -0.290. The van der Waals surface area contributed by atoms with Crippen LogP contribution in [0.15, 0.2) is 0 Å². The van der Waals surface area contributed by atoms with Gasteiger partial charge in [0.1, 0.15) is 0 Å². The summed E-state index contributed by atoms with van der Waals surface area (Å²) in [4.78, 5) is 1.46. The Bertz CT molecular complexity index is 158. The number of rotatable bonds is 1. The monoisotopic (exact) mass is 196 g/mol. The third kappa shape index (κ3) is 4.47. The van der Waals surface area contributed by atoms with Crippen LogP contribution >= 0.6 is 0 Å². The zero-order valence-corrected chi connectivity index (χ0v) is 7.69. The zero-order valence-electron chi connectivity index (χ0n) is 7.69. The number of nitrogens with one attached hydrogen (secondary N) is 1. The molecule has 1 fully saturated rings. The molecule has 0 radical (unpaired) electrons. The van der Waals surface area contributed by atoms with Crippen LogP contribution in [-0.4, -0.2) is 43.8 Å². The lowest BCUT2D eigenvalue weighted by atomic mass is 10.2. The van der Waals surface area contributed by atoms with E-state index in [-0.39, 0.29) is 0 Å². The zero-order chi connectivity index (χ0) is 9.90. The highest BCUT2D eigenvalue weighted by atomic mass is 19.4. The molecule has 0 aromatic heterocycles. The minimum Gasteiger partial charge on any atom is -0.315 e. The quantitative estimate of drug-likeness (QED) is 0.675. The average molecular weight is 196 g/mol. The van der Waals surface area contributed by atoms with Crippen molar-refractivity contribution in [2.24, 2.45) is 5.92 Å². The first kappa shape index (κ1) is 10.8. The lowest BCUT2D eigenvalue weighted by molar-refractivity contribution is -0.146. The minimum absolute atomic E-state index is 0.296. The van der Waals surface area contributed by atoms with Crippen molar-refractivity contribution >= 4 is 0 Å². The first-order valence-electron chi connectivity index (χ1n) is 4.47. The van der Waals surface area contributed by atoms with E-state index in [1.165, 1.54) is 4.90 Å². The first-order valence-corrected chi connectivity index (χ1v) is 4.47. The Kier molecular flexibility index (Phi) is 3.55. The molecule has 1 rings (SSSR count). The fourth-order valence-corrected chi connectivity index (χ4v) is 1.58. The fourth-order valence-electron chi connectivity index (χ4n) is 1.58. The molecule has 5 heteroatoms. The largest absolute Gasteiger partial charge is 0.401 e. The van der Waals surface area contributed by atoms with Crippen molar-refractivity contribution in [3.8, 4) is 0 Å². The van der Waals surface area contributed by atoms with Gasteiger partial charge in [-0.1, -0.05) is 6.92 Å². The number of halogens is 3. The highest BCUT2D eigenvalue weighted by molar-refractivity contribution is 4.72. The summed E-state index contributed by atoms with van der Waals surface area (Å²) in [6.45, 7) is 3.67. The van der Waals surface area contributed by atoms with Gasteiger partial charge in [-0.25, -0.2) is 0 Å². The van der Waals surface area contributed by atoms with E-state index in [9.17, 15) is 13.2 Å². The molecule has 1 N–H and O–H groups in total. The van der Waals surface area contributed by atoms with Crippen molar-refractivity contribution in [3.05, 3.63) is 0 Å². The van der Waals surface area contributed by atoms with E-state index >= 15 is 0 Å². The van der Waals surface area contributed by atoms with Crippen LogP contribution in [0.5, 0.6) is 0 Å². The number of alkyl halides is 3. The van der Waals surface area contributed by atoms with Gasteiger partial charge in [-0.3, -0.25) is 4.90 Å². The van der Waals surface area contributed by atoms with Gasteiger partial charge >= 0.3 is 6.18 Å². The van der Waals surface area contributed by atoms with E-state index in [0.717, 1.165) is 6.54 Å². The molecule has 1 atom stereocenters. The van der Waals surface area contributed by atoms with Gasteiger partial charge in [-0.15, -0.1) is 0 Å². The van der Waals surface area contributed by atoms with Crippen LogP contribution in [0, 0.1) is 5.92 Å². The second-order valence-corrected chi connectivity index (χ2v) is 3.66. The maximum atomic E-state index is 12.0. The third-order valence-electron chi connectivity index (χ3n) is 2.07. The van der Waals surface area contributed by atoms with E-state index in [2.05, 4.69) is 5.32 Å². The molecule has 0 aromatic carbocycles. The van der Waals surface area contributed by atoms with Crippen molar-refractivity contribution in [2.75, 3.05) is 32.7 Å². The number of nitrogens with zero attached hydrogens (tertiary/aromatic N) is 1. The Morgan fingerprint density at radius 2 is 2.15 bits per heavy atom. The topological polar surface area (TPSA) is 15.3 Å². The second-order valence-electron chi connectivity index (χ2n) is 3.66. The Labute approximate surface area is 76.1 Å². The summed E-state index contributed by atoms with van der Waals surface area (Å²) >= 11 is 0. The first-order chi connectivity index (χ1) is 5.97. The predicted molar refractivity (Wildman–Crippen MR) is 44.5 cm³/mol. The van der Waals surface area contributed by atoms with Crippen molar-refractivity contribution in [1.29, 1.82) is 0 Å². The molecular formula is C8H15F3N2. The maximum Gasteiger partial charge on any atom is 0.401 e. The van der Waals surface area contributed by atoms with Crippen LogP contribution in [0.25, 0.3) is 0 Å². The van der Waals surface area contributed by atoms with E-state index in [0.29, 0.717) is 25.6 Å². The normalized spacial score (nSPS) is 27.2. The van der Waals surface area contributed by atoms with Gasteiger partial charge in [0.2, 0.25) is 0 Å². The van der Waals surface area contributed by atoms with Crippen LogP contribution < -0.4 is 5.32 Å². The van der Waals surface area contributed by atoms with Gasteiger partial charge in [0, 0.05) is 19.6 Å². The van der Waals surface area contributed by atoms with Gasteiger partial charge in [-0.2, -0.15) is 13.2 Å². The van der Waals surface area contributed by atoms with Gasteiger partial charge < -0.3 is 5.32 Å². The van der Waals surface area contributed by atoms with Crippen molar-refractivity contribution in [1.82, 2.24) is 10.2 Å². The van der Waals surface area contributed by atoms with Gasteiger partial charge in [-0.05, 0) is 12.5 Å². The number of hydrogen-bond acceptors (Lipinski definition) is 2. The molecule has 0 aliphatic carbocycles. The second kappa shape index (κ2) is 4.28. The fraction of sp³-hybridized carbons (Fsp3) is 1.00. The summed E-state index contributed by atoms with van der Waals surface area (Å²) in [7, 11) is 0. The average Bonchev–Trinajstić information content (AvgIpc) is 2.10. The van der Waals surface area contributed by atoms with Crippen LogP contribution in [-0.2, 0) is 0 Å². The molecule has 1 saturated heterocycles. The van der Waals surface area contributed by atoms with Crippen molar-refractivity contribution in [2.45, 2.75) is 13.1 Å². The Morgan fingerprint density at radius 1 is 1.46 bits per heavy atom. The lowest BCUT2D eigenvalue weighted by Gasteiger charge is -2.22. The summed E-state index contributed by atoms with van der Waals surface area (Å²) in [6.07, 6.45) is -4.07. The van der Waals surface area contributed by atoms with E-state index in [4.69, 9.17) is 0 Å². The molecule has 0 amide bonds. The molecule has 2 nitrogen and oxygen atoms in total. The van der Waals surface area contributed by atoms with Gasteiger partial charge in [0.15, 0.2) is 0 Å². The van der Waals surface area contributed by atoms with Crippen molar-refractivity contribution < 1.29 is 13.2 Å². The molecule has 1 heterocycles. The van der Waals surface area contributed by atoms with Crippen LogP contribution in [0.1, 0.15) is 6.92 Å². The molecular weight excluding hydrogens is 181 g/mol. The third-order valence-corrected chi connectivity index (χ3v) is 2.07. The highest BCUT2D eigenvalue weighted by Gasteiger charge is 2.31. The van der Waals surface area contributed by atoms with Crippen LogP contribution in [0.2, 0.25) is 0 Å². The minimum atomic E-state index is -4.07. The molecule has 0 spiro atoms. The summed E-state index contributed by atoms with van der Waals surface area (Å²) in [5, 5.41) is 3.10. The molecule has 0 aromatic rings. The summed E-state index contributed by atoms with van der Waals surface area (Å²) in [6, 6.07) is 0. The number of hydrogen-bond donors (Lipinski definition) is 1. The van der Waals surface area contributed by atoms with Crippen molar-refractivity contribution in [3.63, 3.8) is 0 Å². The molecule has 0 saturated carbocycles. The SMILES string of the molecule is C[C@H]1CNCCN(CC(F)(F)F)C1. The predicted octanol–water partition coefficient (Wildman–Crippen LogP) is 1.09. The Balaban J connectivity index is 2.39. The van der Waals surface area contributed by atoms with Gasteiger partial charge in [0.25, 0.3) is 0 Å². The van der Waals surface area contributed by atoms with E-state index in [1.54, 1.807) is 0 Å². The Morgan fingerprint density at radius 3 is 2.77 bits per heavy atom. The van der Waals surface area contributed by atoms with E-state index in [1.807, 2.05) is 6.92 Å². The summed E-state index contributed by atoms with van der Waals surface area (Å²) < 4.78 is 36.1. The van der Waals surface area contributed by atoms with Crippen LogP contribution in [0.4, 0.5) is 13.2 Å². The molecule has 13 heavy (non-hydrogen) atoms. The molecule has 1 aliphatic rings. The summed E-state index contributed by atoms with van der Waals surface area (Å²) in [5.74, 6) is 0.296. The maximum absolute atomic E-state index is 12.0.